The van der Waals surface area contributed by atoms with Crippen LogP contribution in [0.3, 0.4) is 0 Å². The van der Waals surface area contributed by atoms with E-state index in [9.17, 15) is 0 Å². The topological polar surface area (TPSA) is 12.5 Å². The quantitative estimate of drug-likeness (QED) is 0.677. The molecule has 0 N–H and O–H groups in total. The van der Waals surface area contributed by atoms with Gasteiger partial charge < -0.3 is 9.64 Å². The third-order valence-electron chi connectivity index (χ3n) is 3.33. The molecule has 0 unspecified atom stereocenters. The largest absolute Gasteiger partial charge is 0.381 e. The van der Waals surface area contributed by atoms with Gasteiger partial charge in [0.15, 0.2) is 0 Å². The number of methoxy groups -OCH3 is 1. The Morgan fingerprint density at radius 1 is 1.35 bits per heavy atom. The zero-order valence-electron chi connectivity index (χ0n) is 11.8. The first-order chi connectivity index (χ1) is 8.17. The number of rotatable bonds is 5. The van der Waals surface area contributed by atoms with Gasteiger partial charge in [0.2, 0.25) is 0 Å². The van der Waals surface area contributed by atoms with Gasteiger partial charge in [-0.25, -0.2) is 0 Å². The molecule has 0 saturated carbocycles. The molecular weight excluding hydrogens is 210 g/mol. The summed E-state index contributed by atoms with van der Waals surface area (Å²) in [5.41, 5.74) is 1.36. The third-order valence-corrected chi connectivity index (χ3v) is 3.33. The Labute approximate surface area is 106 Å². The van der Waals surface area contributed by atoms with E-state index in [0.717, 1.165) is 38.3 Å². The van der Waals surface area contributed by atoms with Crippen molar-refractivity contribution in [2.24, 2.45) is 5.92 Å². The van der Waals surface area contributed by atoms with Crippen molar-refractivity contribution in [2.45, 2.75) is 46.1 Å². The van der Waals surface area contributed by atoms with Crippen LogP contribution in [0.25, 0.3) is 0 Å². The van der Waals surface area contributed by atoms with E-state index in [1.807, 2.05) is 7.11 Å². The molecule has 1 aliphatic rings. The van der Waals surface area contributed by atoms with Gasteiger partial charge in [-0.05, 0) is 38.2 Å². The van der Waals surface area contributed by atoms with Crippen molar-refractivity contribution >= 4 is 0 Å². The van der Waals surface area contributed by atoms with Gasteiger partial charge in [0.25, 0.3) is 0 Å². The fourth-order valence-electron chi connectivity index (χ4n) is 2.19. The first kappa shape index (κ1) is 14.3. The van der Waals surface area contributed by atoms with E-state index in [4.69, 9.17) is 4.74 Å². The van der Waals surface area contributed by atoms with E-state index >= 15 is 0 Å². The Hall–Kier alpha value is -0.760. The summed E-state index contributed by atoms with van der Waals surface area (Å²) in [6.45, 7) is 8.86. The van der Waals surface area contributed by atoms with E-state index < -0.39 is 0 Å². The van der Waals surface area contributed by atoms with Crippen molar-refractivity contribution in [2.75, 3.05) is 20.2 Å². The van der Waals surface area contributed by atoms with Crippen LogP contribution >= 0.6 is 0 Å². The number of allylic oxidation sites excluding steroid dienone is 3. The number of nitrogens with zero attached hydrogens (tertiary/aromatic N) is 1. The summed E-state index contributed by atoms with van der Waals surface area (Å²) in [5, 5.41) is 0. The molecule has 1 heterocycles. The number of piperidine rings is 1. The number of hydrogen-bond donors (Lipinski definition) is 0. The van der Waals surface area contributed by atoms with Gasteiger partial charge in [-0.2, -0.15) is 0 Å². The molecule has 0 aromatic heterocycles. The minimum absolute atomic E-state index is 0.462. The molecule has 2 heteroatoms. The minimum Gasteiger partial charge on any atom is -0.381 e. The van der Waals surface area contributed by atoms with Crippen LogP contribution < -0.4 is 0 Å². The number of hydrogen-bond acceptors (Lipinski definition) is 2. The second kappa shape index (κ2) is 7.54. The minimum atomic E-state index is 0.462. The molecule has 1 rings (SSSR count). The average Bonchev–Trinajstić information content (AvgIpc) is 2.34. The van der Waals surface area contributed by atoms with Gasteiger partial charge >= 0.3 is 0 Å². The summed E-state index contributed by atoms with van der Waals surface area (Å²) in [6.07, 6.45) is 10.7. The van der Waals surface area contributed by atoms with Crippen LogP contribution in [0.15, 0.2) is 23.9 Å². The molecule has 0 amide bonds. The number of likely N-dealkylation sites (tertiary alicyclic amines) is 1. The van der Waals surface area contributed by atoms with Crippen molar-refractivity contribution in [3.63, 3.8) is 0 Å². The summed E-state index contributed by atoms with van der Waals surface area (Å²) in [7, 11) is 1.82. The zero-order valence-corrected chi connectivity index (χ0v) is 11.8. The Kier molecular flexibility index (Phi) is 6.35. The molecule has 0 aromatic rings. The molecule has 0 bridgehead atoms. The predicted molar refractivity (Wildman–Crippen MR) is 74.0 cm³/mol. The maximum Gasteiger partial charge on any atom is 0.0605 e. The molecule has 0 aromatic carbocycles. The fraction of sp³-hybridized carbons (Fsp3) is 0.733. The van der Waals surface area contributed by atoms with Crippen LogP contribution in [0.2, 0.25) is 0 Å². The highest BCUT2D eigenvalue weighted by Gasteiger charge is 2.18. The van der Waals surface area contributed by atoms with Crippen LogP contribution in [-0.4, -0.2) is 31.2 Å². The SMILES string of the molecule is C/C=C(\C=C/CC(C)C)N1CCC(OC)CC1. The van der Waals surface area contributed by atoms with Gasteiger partial charge in [-0.15, -0.1) is 0 Å². The molecular formula is C15H27NO. The molecule has 2 nitrogen and oxygen atoms in total. The first-order valence-corrected chi connectivity index (χ1v) is 6.78. The lowest BCUT2D eigenvalue weighted by Crippen LogP contribution is -2.35. The molecule has 1 aliphatic heterocycles. The van der Waals surface area contributed by atoms with Crippen LogP contribution in [0.1, 0.15) is 40.0 Å². The molecule has 0 aliphatic carbocycles. The van der Waals surface area contributed by atoms with E-state index in [1.54, 1.807) is 0 Å². The third kappa shape index (κ3) is 4.95. The lowest BCUT2D eigenvalue weighted by molar-refractivity contribution is 0.0512. The second-order valence-electron chi connectivity index (χ2n) is 5.17. The standard InChI is InChI=1S/C15H27NO/c1-5-14(8-6-7-13(2)3)16-11-9-15(17-4)10-12-16/h5-6,8,13,15H,7,9-12H2,1-4H3/b8-6-,14-5+. The fourth-order valence-corrected chi connectivity index (χ4v) is 2.19. The molecule has 0 radical (unpaired) electrons. The molecule has 1 fully saturated rings. The van der Waals surface area contributed by atoms with Crippen molar-refractivity contribution < 1.29 is 4.74 Å². The van der Waals surface area contributed by atoms with Gasteiger partial charge in [-0.1, -0.05) is 26.0 Å². The highest BCUT2D eigenvalue weighted by Crippen LogP contribution is 2.18. The highest BCUT2D eigenvalue weighted by molar-refractivity contribution is 5.17. The monoisotopic (exact) mass is 237 g/mol. The summed E-state index contributed by atoms with van der Waals surface area (Å²) in [4.78, 5) is 2.46. The van der Waals surface area contributed by atoms with E-state index in [-0.39, 0.29) is 0 Å². The van der Waals surface area contributed by atoms with E-state index in [2.05, 4.69) is 43.9 Å². The van der Waals surface area contributed by atoms with Crippen molar-refractivity contribution in [3.05, 3.63) is 23.9 Å². The van der Waals surface area contributed by atoms with Crippen molar-refractivity contribution in [1.82, 2.24) is 4.90 Å². The van der Waals surface area contributed by atoms with Crippen molar-refractivity contribution in [1.29, 1.82) is 0 Å². The van der Waals surface area contributed by atoms with Gasteiger partial charge in [0.05, 0.1) is 6.10 Å². The van der Waals surface area contributed by atoms with Crippen LogP contribution in [0.5, 0.6) is 0 Å². The Balaban J connectivity index is 2.44. The normalized spacial score (nSPS) is 19.6. The summed E-state index contributed by atoms with van der Waals surface area (Å²) >= 11 is 0. The van der Waals surface area contributed by atoms with Crippen LogP contribution in [0.4, 0.5) is 0 Å². The maximum absolute atomic E-state index is 5.40. The zero-order chi connectivity index (χ0) is 12.7. The van der Waals surface area contributed by atoms with E-state index in [1.165, 1.54) is 5.70 Å². The second-order valence-corrected chi connectivity index (χ2v) is 5.17. The molecule has 17 heavy (non-hydrogen) atoms. The van der Waals surface area contributed by atoms with Crippen LogP contribution in [-0.2, 0) is 4.74 Å². The van der Waals surface area contributed by atoms with Gasteiger partial charge in [-0.3, -0.25) is 0 Å². The lowest BCUT2D eigenvalue weighted by Gasteiger charge is -2.33. The summed E-state index contributed by atoms with van der Waals surface area (Å²) < 4.78 is 5.40. The van der Waals surface area contributed by atoms with Gasteiger partial charge in [0, 0.05) is 25.9 Å². The Morgan fingerprint density at radius 2 is 2.00 bits per heavy atom. The molecule has 0 spiro atoms. The molecule has 1 saturated heterocycles. The predicted octanol–water partition coefficient (Wildman–Crippen LogP) is 3.60. The smallest absolute Gasteiger partial charge is 0.0605 e. The maximum atomic E-state index is 5.40. The Bertz CT molecular complexity index is 260. The summed E-state index contributed by atoms with van der Waals surface area (Å²) in [5.74, 6) is 0.739. The van der Waals surface area contributed by atoms with Crippen LogP contribution in [0, 0.1) is 5.92 Å². The average molecular weight is 237 g/mol. The molecule has 0 atom stereocenters. The Morgan fingerprint density at radius 3 is 2.47 bits per heavy atom. The molecule has 98 valence electrons. The number of ether oxygens (including phenoxy) is 1. The van der Waals surface area contributed by atoms with Gasteiger partial charge in [0.1, 0.15) is 0 Å². The van der Waals surface area contributed by atoms with E-state index in [0.29, 0.717) is 6.10 Å². The highest BCUT2D eigenvalue weighted by atomic mass is 16.5. The first-order valence-electron chi connectivity index (χ1n) is 6.78. The van der Waals surface area contributed by atoms with Crippen molar-refractivity contribution in [3.8, 4) is 0 Å². The lowest BCUT2D eigenvalue weighted by atomic mass is 10.1. The summed E-state index contributed by atoms with van der Waals surface area (Å²) in [6, 6.07) is 0.